The van der Waals surface area contributed by atoms with Crippen LogP contribution in [0.3, 0.4) is 0 Å². The van der Waals surface area contributed by atoms with Gasteiger partial charge in [-0.3, -0.25) is 9.59 Å². The van der Waals surface area contributed by atoms with E-state index < -0.39 is 0 Å². The van der Waals surface area contributed by atoms with E-state index in [4.69, 9.17) is 18.9 Å². The summed E-state index contributed by atoms with van der Waals surface area (Å²) in [5, 5.41) is 3.23. The van der Waals surface area contributed by atoms with Gasteiger partial charge in [-0.2, -0.15) is 0 Å². The molecule has 0 unspecified atom stereocenters. The van der Waals surface area contributed by atoms with Gasteiger partial charge >= 0.3 is 0 Å². The second kappa shape index (κ2) is 16.1. The SMILES string of the molecule is CCCCCCCCCCCCC(=O)N[C@H]1CCc2cc(OC)c(OC)c(OC)c2-c2ccc(OC)c(=O)cc21. The van der Waals surface area contributed by atoms with Crippen molar-refractivity contribution in [2.75, 3.05) is 28.4 Å². The summed E-state index contributed by atoms with van der Waals surface area (Å²) in [6.45, 7) is 2.24. The summed E-state index contributed by atoms with van der Waals surface area (Å²) in [6, 6.07) is 6.76. The van der Waals surface area contributed by atoms with Crippen LogP contribution in [0.15, 0.2) is 29.1 Å². The van der Waals surface area contributed by atoms with Crippen LogP contribution in [0.5, 0.6) is 23.0 Å². The summed E-state index contributed by atoms with van der Waals surface area (Å²) in [5.74, 6) is 1.84. The normalized spacial score (nSPS) is 14.0. The fourth-order valence-corrected chi connectivity index (χ4v) is 5.66. The standard InChI is InChI=1S/C33H47NO6/c1-6-7-8-9-10-11-12-13-14-15-16-30(36)34-26-19-17-23-21-29(38-3)32(39-4)33(40-5)31(23)24-18-20-28(37-2)27(35)22-25(24)26/h18,20-22,26H,6-17,19H2,1-5H3,(H,34,36)/t26-/m0/s1. The zero-order valence-corrected chi connectivity index (χ0v) is 25.0. The molecule has 1 aliphatic rings. The topological polar surface area (TPSA) is 83.1 Å². The maximum atomic E-state index is 13.1. The molecule has 0 heterocycles. The smallest absolute Gasteiger partial charge is 0.220 e. The molecule has 0 saturated heterocycles. The molecule has 40 heavy (non-hydrogen) atoms. The van der Waals surface area contributed by atoms with Gasteiger partial charge in [-0.25, -0.2) is 0 Å². The molecule has 2 aromatic rings. The van der Waals surface area contributed by atoms with Gasteiger partial charge in [-0.05, 0) is 54.2 Å². The van der Waals surface area contributed by atoms with E-state index in [1.54, 1.807) is 33.5 Å². The quantitative estimate of drug-likeness (QED) is 0.222. The number of rotatable bonds is 16. The fraction of sp³-hybridized carbons (Fsp3) is 0.576. The van der Waals surface area contributed by atoms with Crippen molar-refractivity contribution in [3.8, 4) is 34.1 Å². The Bertz CT molecular complexity index is 1180. The van der Waals surface area contributed by atoms with Crippen molar-refractivity contribution in [1.29, 1.82) is 0 Å². The Hall–Kier alpha value is -3.22. The number of carbonyl (C=O) groups is 1. The van der Waals surface area contributed by atoms with Crippen molar-refractivity contribution in [2.45, 2.75) is 96.4 Å². The van der Waals surface area contributed by atoms with Crippen molar-refractivity contribution in [2.24, 2.45) is 0 Å². The molecular formula is C33H47NO6. The van der Waals surface area contributed by atoms with Gasteiger partial charge in [0.2, 0.25) is 17.1 Å². The van der Waals surface area contributed by atoms with Gasteiger partial charge in [-0.1, -0.05) is 70.8 Å². The molecule has 0 aliphatic heterocycles. The Morgan fingerprint density at radius 3 is 2.02 bits per heavy atom. The van der Waals surface area contributed by atoms with E-state index in [0.717, 1.165) is 35.1 Å². The number of hydrogen-bond donors (Lipinski definition) is 1. The van der Waals surface area contributed by atoms with Gasteiger partial charge in [0.15, 0.2) is 17.2 Å². The van der Waals surface area contributed by atoms with Crippen LogP contribution in [0.1, 0.15) is 101 Å². The van der Waals surface area contributed by atoms with Crippen molar-refractivity contribution in [1.82, 2.24) is 5.32 Å². The van der Waals surface area contributed by atoms with Crippen LogP contribution >= 0.6 is 0 Å². The number of carbonyl (C=O) groups excluding carboxylic acids is 1. The molecule has 1 aliphatic carbocycles. The largest absolute Gasteiger partial charge is 0.493 e. The number of amides is 1. The molecule has 0 fully saturated rings. The highest BCUT2D eigenvalue weighted by Gasteiger charge is 2.29. The van der Waals surface area contributed by atoms with Crippen LogP contribution in [0.25, 0.3) is 11.1 Å². The first-order valence-corrected chi connectivity index (χ1v) is 14.8. The fourth-order valence-electron chi connectivity index (χ4n) is 5.66. The maximum Gasteiger partial charge on any atom is 0.220 e. The number of benzene rings is 1. The molecule has 7 nitrogen and oxygen atoms in total. The second-order valence-electron chi connectivity index (χ2n) is 10.5. The highest BCUT2D eigenvalue weighted by atomic mass is 16.5. The first-order valence-electron chi connectivity index (χ1n) is 14.8. The van der Waals surface area contributed by atoms with Crippen LogP contribution in [0.2, 0.25) is 0 Å². The highest BCUT2D eigenvalue weighted by Crippen LogP contribution is 2.50. The van der Waals surface area contributed by atoms with Gasteiger partial charge in [0.25, 0.3) is 0 Å². The Balaban J connectivity index is 1.78. The Labute approximate surface area is 239 Å². The molecule has 2 aromatic carbocycles. The van der Waals surface area contributed by atoms with E-state index in [9.17, 15) is 9.59 Å². The predicted octanol–water partition coefficient (Wildman–Crippen LogP) is 7.16. The van der Waals surface area contributed by atoms with Gasteiger partial charge in [0.1, 0.15) is 0 Å². The molecule has 0 saturated carbocycles. The van der Waals surface area contributed by atoms with Crippen LogP contribution < -0.4 is 29.7 Å². The minimum absolute atomic E-state index is 0.00881. The van der Waals surface area contributed by atoms with E-state index >= 15 is 0 Å². The molecule has 1 N–H and O–H groups in total. The molecule has 3 rings (SSSR count). The lowest BCUT2D eigenvalue weighted by atomic mass is 9.95. The van der Waals surface area contributed by atoms with E-state index in [-0.39, 0.29) is 23.1 Å². The first kappa shape index (κ1) is 31.3. The van der Waals surface area contributed by atoms with Crippen molar-refractivity contribution in [3.63, 3.8) is 0 Å². The lowest BCUT2D eigenvalue weighted by molar-refractivity contribution is -0.122. The van der Waals surface area contributed by atoms with Gasteiger partial charge in [-0.15, -0.1) is 0 Å². The van der Waals surface area contributed by atoms with Crippen molar-refractivity contribution >= 4 is 5.91 Å². The third kappa shape index (κ3) is 7.92. The summed E-state index contributed by atoms with van der Waals surface area (Å²) >= 11 is 0. The van der Waals surface area contributed by atoms with Crippen LogP contribution in [-0.4, -0.2) is 34.3 Å². The van der Waals surface area contributed by atoms with Crippen LogP contribution in [-0.2, 0) is 11.2 Å². The van der Waals surface area contributed by atoms with Gasteiger partial charge in [0.05, 0.1) is 34.5 Å². The molecular weight excluding hydrogens is 506 g/mol. The molecule has 7 heteroatoms. The molecule has 0 spiro atoms. The van der Waals surface area contributed by atoms with E-state index in [1.807, 2.05) is 12.1 Å². The third-order valence-corrected chi connectivity index (χ3v) is 7.81. The number of nitrogens with one attached hydrogen (secondary N) is 1. The van der Waals surface area contributed by atoms with Gasteiger partial charge in [0, 0.05) is 12.0 Å². The summed E-state index contributed by atoms with van der Waals surface area (Å²) in [5.41, 5.74) is 3.14. The Morgan fingerprint density at radius 2 is 1.43 bits per heavy atom. The lowest BCUT2D eigenvalue weighted by Crippen LogP contribution is -2.28. The summed E-state index contributed by atoms with van der Waals surface area (Å²) in [7, 11) is 6.25. The monoisotopic (exact) mass is 553 g/mol. The second-order valence-corrected chi connectivity index (χ2v) is 10.5. The van der Waals surface area contributed by atoms with Crippen molar-refractivity contribution < 1.29 is 23.7 Å². The zero-order valence-electron chi connectivity index (χ0n) is 25.0. The van der Waals surface area contributed by atoms with E-state index in [2.05, 4.69) is 12.2 Å². The number of fused-ring (bicyclic) bond motifs is 3. The van der Waals surface area contributed by atoms with Crippen LogP contribution in [0.4, 0.5) is 0 Å². The average molecular weight is 554 g/mol. The molecule has 1 atom stereocenters. The number of methoxy groups -OCH3 is 4. The first-order chi connectivity index (χ1) is 19.5. The Morgan fingerprint density at radius 1 is 0.800 bits per heavy atom. The predicted molar refractivity (Wildman–Crippen MR) is 160 cm³/mol. The minimum atomic E-state index is -0.329. The average Bonchev–Trinajstić information content (AvgIpc) is 3.21. The van der Waals surface area contributed by atoms with Gasteiger partial charge < -0.3 is 24.3 Å². The highest BCUT2D eigenvalue weighted by molar-refractivity contribution is 5.83. The van der Waals surface area contributed by atoms with E-state index in [0.29, 0.717) is 36.5 Å². The Kier molecular flexibility index (Phi) is 12.6. The molecule has 0 radical (unpaired) electrons. The maximum absolute atomic E-state index is 13.1. The number of ether oxygens (including phenoxy) is 4. The molecule has 0 bridgehead atoms. The molecule has 0 aromatic heterocycles. The minimum Gasteiger partial charge on any atom is -0.493 e. The zero-order chi connectivity index (χ0) is 28.9. The van der Waals surface area contributed by atoms with Crippen LogP contribution in [0, 0.1) is 0 Å². The number of aryl methyl sites for hydroxylation is 1. The number of unbranched alkanes of at least 4 members (excludes halogenated alkanes) is 9. The van der Waals surface area contributed by atoms with E-state index in [1.165, 1.54) is 58.5 Å². The lowest BCUT2D eigenvalue weighted by Gasteiger charge is -2.20. The van der Waals surface area contributed by atoms with Crippen molar-refractivity contribution in [3.05, 3.63) is 45.6 Å². The summed E-state index contributed by atoms with van der Waals surface area (Å²) in [6.07, 6.45) is 14.0. The summed E-state index contributed by atoms with van der Waals surface area (Å²) < 4.78 is 22.4. The summed E-state index contributed by atoms with van der Waals surface area (Å²) in [4.78, 5) is 26.1. The number of hydrogen-bond acceptors (Lipinski definition) is 6. The molecule has 1 amide bonds. The molecule has 220 valence electrons. The third-order valence-electron chi connectivity index (χ3n) is 7.81.